The first-order chi connectivity index (χ1) is 12.6. The van der Waals surface area contributed by atoms with Crippen molar-refractivity contribution in [3.05, 3.63) is 86.3 Å². The van der Waals surface area contributed by atoms with Crippen LogP contribution in [0.2, 0.25) is 5.02 Å². The number of halogens is 2. The lowest BCUT2D eigenvalue weighted by Gasteiger charge is -1.98. The number of carbonyl (C=O) groups excluding carboxylic acids is 1. The van der Waals surface area contributed by atoms with Crippen LogP contribution in [0.25, 0.3) is 17.4 Å². The lowest BCUT2D eigenvalue weighted by Crippen LogP contribution is -2.05. The van der Waals surface area contributed by atoms with Gasteiger partial charge in [-0.1, -0.05) is 11.6 Å². The number of nitrogens with zero attached hydrogens (tertiary/aromatic N) is 1. The van der Waals surface area contributed by atoms with Crippen LogP contribution < -0.4 is 0 Å². The molecule has 0 bridgehead atoms. The molecule has 0 fully saturated rings. The SMILES string of the molecule is O=C1OC(c2ccc(I)cc2)=N/C1=C\c1ccc(-c2ccc(Cl)cc2)o1. The van der Waals surface area contributed by atoms with Gasteiger partial charge < -0.3 is 9.15 Å². The van der Waals surface area contributed by atoms with Crippen molar-refractivity contribution >= 4 is 52.1 Å². The van der Waals surface area contributed by atoms with Crippen molar-refractivity contribution in [3.8, 4) is 11.3 Å². The first kappa shape index (κ1) is 17.1. The zero-order valence-electron chi connectivity index (χ0n) is 13.3. The van der Waals surface area contributed by atoms with Crippen LogP contribution in [0.5, 0.6) is 0 Å². The van der Waals surface area contributed by atoms with Gasteiger partial charge in [-0.05, 0) is 83.3 Å². The second-order valence-electron chi connectivity index (χ2n) is 5.55. The molecule has 0 saturated heterocycles. The summed E-state index contributed by atoms with van der Waals surface area (Å²) in [5, 5.41) is 0.661. The molecule has 1 aliphatic heterocycles. The van der Waals surface area contributed by atoms with Crippen molar-refractivity contribution in [1.82, 2.24) is 0 Å². The predicted molar refractivity (Wildman–Crippen MR) is 109 cm³/mol. The molecule has 0 unspecified atom stereocenters. The van der Waals surface area contributed by atoms with Gasteiger partial charge in [-0.25, -0.2) is 9.79 Å². The maximum atomic E-state index is 12.1. The van der Waals surface area contributed by atoms with E-state index in [1.54, 1.807) is 24.3 Å². The van der Waals surface area contributed by atoms with E-state index >= 15 is 0 Å². The Morgan fingerprint density at radius 2 is 1.62 bits per heavy atom. The van der Waals surface area contributed by atoms with Gasteiger partial charge >= 0.3 is 5.97 Å². The van der Waals surface area contributed by atoms with Crippen LogP contribution in [-0.4, -0.2) is 11.9 Å². The van der Waals surface area contributed by atoms with E-state index in [1.165, 1.54) is 0 Å². The maximum absolute atomic E-state index is 12.1. The molecule has 6 heteroatoms. The number of aliphatic imine (C=N–C) groups is 1. The minimum Gasteiger partial charge on any atom is -0.457 e. The fourth-order valence-electron chi connectivity index (χ4n) is 2.46. The van der Waals surface area contributed by atoms with Crippen LogP contribution in [0.3, 0.4) is 0 Å². The number of carbonyl (C=O) groups is 1. The van der Waals surface area contributed by atoms with Gasteiger partial charge in [0.1, 0.15) is 11.5 Å². The average Bonchev–Trinajstić information content (AvgIpc) is 3.24. The summed E-state index contributed by atoms with van der Waals surface area (Å²) in [7, 11) is 0. The molecular formula is C20H11ClINO3. The number of ether oxygens (including phenoxy) is 1. The Morgan fingerprint density at radius 1 is 0.923 bits per heavy atom. The summed E-state index contributed by atoms with van der Waals surface area (Å²) in [6, 6.07) is 18.5. The third-order valence-electron chi connectivity index (χ3n) is 3.75. The van der Waals surface area contributed by atoms with E-state index in [0.717, 1.165) is 14.7 Å². The first-order valence-corrected chi connectivity index (χ1v) is 9.18. The number of esters is 1. The van der Waals surface area contributed by atoms with E-state index in [1.807, 2.05) is 42.5 Å². The Bertz CT molecular complexity index is 1030. The molecular weight excluding hydrogens is 465 g/mol. The summed E-state index contributed by atoms with van der Waals surface area (Å²) in [6.07, 6.45) is 1.57. The van der Waals surface area contributed by atoms with Crippen LogP contribution in [0, 0.1) is 3.57 Å². The highest BCUT2D eigenvalue weighted by atomic mass is 127. The van der Waals surface area contributed by atoms with E-state index < -0.39 is 5.97 Å². The van der Waals surface area contributed by atoms with Gasteiger partial charge in [0.25, 0.3) is 0 Å². The van der Waals surface area contributed by atoms with Crippen LogP contribution >= 0.6 is 34.2 Å². The number of cyclic esters (lactones) is 1. The second kappa shape index (κ2) is 7.09. The van der Waals surface area contributed by atoms with Crippen LogP contribution in [0.1, 0.15) is 11.3 Å². The lowest BCUT2D eigenvalue weighted by molar-refractivity contribution is -0.129. The monoisotopic (exact) mass is 475 g/mol. The average molecular weight is 476 g/mol. The molecule has 0 spiro atoms. The number of benzene rings is 2. The van der Waals surface area contributed by atoms with Gasteiger partial charge in [-0.2, -0.15) is 0 Å². The highest BCUT2D eigenvalue weighted by Gasteiger charge is 2.24. The summed E-state index contributed by atoms with van der Waals surface area (Å²) in [5.41, 5.74) is 1.86. The van der Waals surface area contributed by atoms with Gasteiger partial charge in [0, 0.05) is 25.8 Å². The number of hydrogen-bond donors (Lipinski definition) is 0. The van der Waals surface area contributed by atoms with Crippen LogP contribution in [-0.2, 0) is 9.53 Å². The molecule has 26 heavy (non-hydrogen) atoms. The quantitative estimate of drug-likeness (QED) is 0.284. The van der Waals surface area contributed by atoms with Gasteiger partial charge in [0.2, 0.25) is 5.90 Å². The molecule has 0 N–H and O–H groups in total. The van der Waals surface area contributed by atoms with Crippen LogP contribution in [0.15, 0.2) is 75.8 Å². The molecule has 0 aliphatic carbocycles. The van der Waals surface area contributed by atoms with Crippen molar-refractivity contribution in [1.29, 1.82) is 0 Å². The number of rotatable bonds is 3. The predicted octanol–water partition coefficient (Wildman–Crippen LogP) is 5.55. The molecule has 1 aromatic heterocycles. The first-order valence-electron chi connectivity index (χ1n) is 7.73. The number of furan rings is 1. The van der Waals surface area contributed by atoms with Gasteiger partial charge in [-0.3, -0.25) is 0 Å². The number of hydrogen-bond acceptors (Lipinski definition) is 4. The largest absolute Gasteiger partial charge is 0.457 e. The molecule has 0 amide bonds. The summed E-state index contributed by atoms with van der Waals surface area (Å²) < 4.78 is 12.1. The molecule has 4 rings (SSSR count). The summed E-state index contributed by atoms with van der Waals surface area (Å²) in [4.78, 5) is 16.4. The van der Waals surface area contributed by atoms with E-state index in [-0.39, 0.29) is 5.70 Å². The molecule has 128 valence electrons. The van der Waals surface area contributed by atoms with Crippen molar-refractivity contribution in [2.24, 2.45) is 4.99 Å². The minimum absolute atomic E-state index is 0.204. The lowest BCUT2D eigenvalue weighted by atomic mass is 10.2. The second-order valence-corrected chi connectivity index (χ2v) is 7.23. The molecule has 3 aromatic rings. The maximum Gasteiger partial charge on any atom is 0.363 e. The fourth-order valence-corrected chi connectivity index (χ4v) is 2.95. The Balaban J connectivity index is 1.61. The molecule has 0 radical (unpaired) electrons. The van der Waals surface area contributed by atoms with Gasteiger partial charge in [-0.15, -0.1) is 0 Å². The normalized spacial score (nSPS) is 15.2. The summed E-state index contributed by atoms with van der Waals surface area (Å²) in [5.74, 6) is 1.00. The van der Waals surface area contributed by atoms with Gasteiger partial charge in [0.15, 0.2) is 5.70 Å². The van der Waals surface area contributed by atoms with Crippen molar-refractivity contribution < 1.29 is 13.9 Å². The molecule has 4 nitrogen and oxygen atoms in total. The van der Waals surface area contributed by atoms with Crippen molar-refractivity contribution in [2.45, 2.75) is 0 Å². The third-order valence-corrected chi connectivity index (χ3v) is 4.72. The molecule has 0 saturated carbocycles. The summed E-state index contributed by atoms with van der Waals surface area (Å²) in [6.45, 7) is 0. The Kier molecular flexibility index (Phi) is 4.65. The van der Waals surface area contributed by atoms with Crippen LogP contribution in [0.4, 0.5) is 0 Å². The minimum atomic E-state index is -0.497. The highest BCUT2D eigenvalue weighted by molar-refractivity contribution is 14.1. The van der Waals surface area contributed by atoms with Crippen molar-refractivity contribution in [2.75, 3.05) is 0 Å². The fraction of sp³-hybridized carbons (Fsp3) is 0. The zero-order valence-corrected chi connectivity index (χ0v) is 16.2. The molecule has 1 aliphatic rings. The standard InChI is InChI=1S/C20H11ClINO3/c21-14-5-1-12(2-6-14)18-10-9-16(25-18)11-17-20(24)26-19(23-17)13-3-7-15(22)8-4-13/h1-11H/b17-11-. The van der Waals surface area contributed by atoms with E-state index in [9.17, 15) is 4.79 Å². The molecule has 0 atom stereocenters. The van der Waals surface area contributed by atoms with E-state index in [4.69, 9.17) is 20.8 Å². The Labute approximate surface area is 168 Å². The van der Waals surface area contributed by atoms with E-state index in [0.29, 0.717) is 22.4 Å². The Hall–Kier alpha value is -2.38. The Morgan fingerprint density at radius 3 is 2.35 bits per heavy atom. The molecule has 2 heterocycles. The van der Waals surface area contributed by atoms with E-state index in [2.05, 4.69) is 27.6 Å². The molecule has 2 aromatic carbocycles. The third kappa shape index (κ3) is 3.59. The highest BCUT2D eigenvalue weighted by Crippen LogP contribution is 2.26. The summed E-state index contributed by atoms with van der Waals surface area (Å²) >= 11 is 8.11. The van der Waals surface area contributed by atoms with Gasteiger partial charge in [0.05, 0.1) is 0 Å². The van der Waals surface area contributed by atoms with Crippen molar-refractivity contribution in [3.63, 3.8) is 0 Å². The zero-order chi connectivity index (χ0) is 18.1. The smallest absolute Gasteiger partial charge is 0.363 e. The topological polar surface area (TPSA) is 51.8 Å².